The molecule has 100 valence electrons. The monoisotopic (exact) mass is 271 g/mol. The average Bonchev–Trinajstić information content (AvgIpc) is 2.89. The van der Waals surface area contributed by atoms with Crippen LogP contribution in [-0.4, -0.2) is 32.9 Å². The lowest BCUT2D eigenvalue weighted by atomic mass is 10.1. The molecule has 2 rings (SSSR count). The van der Waals surface area contributed by atoms with Gasteiger partial charge in [0.25, 0.3) is 0 Å². The minimum absolute atomic E-state index is 0.171. The second kappa shape index (κ2) is 5.28. The van der Waals surface area contributed by atoms with Crippen LogP contribution in [0.25, 0.3) is 0 Å². The number of carboxylic acids is 1. The van der Waals surface area contributed by atoms with E-state index in [4.69, 9.17) is 16.7 Å². The maximum absolute atomic E-state index is 10.9. The molecule has 1 aromatic heterocycles. The van der Waals surface area contributed by atoms with E-state index in [-0.39, 0.29) is 6.04 Å². The summed E-state index contributed by atoms with van der Waals surface area (Å²) in [6, 6.07) is -0.252. The first-order valence-corrected chi connectivity index (χ1v) is 6.61. The third-order valence-electron chi connectivity index (χ3n) is 3.43. The molecule has 1 saturated heterocycles. The van der Waals surface area contributed by atoms with E-state index >= 15 is 0 Å². The number of aromatic nitrogens is 2. The van der Waals surface area contributed by atoms with Crippen molar-refractivity contribution in [2.24, 2.45) is 0 Å². The second-order valence-corrected chi connectivity index (χ2v) is 5.08. The summed E-state index contributed by atoms with van der Waals surface area (Å²) < 4.78 is 1.90. The van der Waals surface area contributed by atoms with Crippen molar-refractivity contribution < 1.29 is 9.90 Å². The van der Waals surface area contributed by atoms with Crippen LogP contribution >= 0.6 is 11.6 Å². The molecule has 1 aromatic rings. The van der Waals surface area contributed by atoms with Gasteiger partial charge in [-0.05, 0) is 26.7 Å². The Hall–Kier alpha value is -1.07. The van der Waals surface area contributed by atoms with Gasteiger partial charge in [0.05, 0.1) is 16.4 Å². The molecule has 1 aliphatic heterocycles. The predicted molar refractivity (Wildman–Crippen MR) is 68.9 cm³/mol. The fourth-order valence-electron chi connectivity index (χ4n) is 2.47. The summed E-state index contributed by atoms with van der Waals surface area (Å²) in [5.74, 6) is -0.774. The molecule has 0 radical (unpaired) electrons. The van der Waals surface area contributed by atoms with Crippen molar-refractivity contribution in [1.29, 1.82) is 0 Å². The quantitative estimate of drug-likeness (QED) is 0.873. The standard InChI is InChI=1S/C12H18ClN3O2/c1-3-16-10(11(13)7(2)15-16)6-8-4-5-9(14-8)12(17)18/h8-9,14H,3-6H2,1-2H3,(H,17,18). The molecule has 0 aromatic carbocycles. The molecular formula is C12H18ClN3O2. The third kappa shape index (κ3) is 2.52. The first kappa shape index (κ1) is 13.4. The SMILES string of the molecule is CCn1nc(C)c(Cl)c1CC1CCC(C(=O)O)N1. The number of nitrogens with zero attached hydrogens (tertiary/aromatic N) is 2. The third-order valence-corrected chi connectivity index (χ3v) is 3.92. The van der Waals surface area contributed by atoms with E-state index in [1.807, 2.05) is 18.5 Å². The lowest BCUT2D eigenvalue weighted by molar-refractivity contribution is -0.139. The van der Waals surface area contributed by atoms with Crippen molar-refractivity contribution >= 4 is 17.6 Å². The van der Waals surface area contributed by atoms with Crippen molar-refractivity contribution in [3.05, 3.63) is 16.4 Å². The lowest BCUT2D eigenvalue weighted by Crippen LogP contribution is -2.36. The number of carbonyl (C=O) groups is 1. The Kier molecular flexibility index (Phi) is 3.92. The van der Waals surface area contributed by atoms with Crippen LogP contribution in [0.2, 0.25) is 5.02 Å². The molecule has 18 heavy (non-hydrogen) atoms. The van der Waals surface area contributed by atoms with Crippen molar-refractivity contribution in [3.8, 4) is 0 Å². The molecule has 0 aliphatic carbocycles. The highest BCUT2D eigenvalue weighted by molar-refractivity contribution is 6.31. The zero-order valence-corrected chi connectivity index (χ0v) is 11.4. The van der Waals surface area contributed by atoms with Gasteiger partial charge in [0.2, 0.25) is 0 Å². The molecular weight excluding hydrogens is 254 g/mol. The van der Waals surface area contributed by atoms with Crippen LogP contribution in [0.5, 0.6) is 0 Å². The molecule has 1 aliphatic rings. The summed E-state index contributed by atoms with van der Waals surface area (Å²) in [5.41, 5.74) is 1.83. The summed E-state index contributed by atoms with van der Waals surface area (Å²) in [6.07, 6.45) is 2.27. The molecule has 0 saturated carbocycles. The number of hydrogen-bond donors (Lipinski definition) is 2. The van der Waals surface area contributed by atoms with Gasteiger partial charge in [0.1, 0.15) is 6.04 Å². The Morgan fingerprint density at radius 3 is 2.89 bits per heavy atom. The normalized spacial score (nSPS) is 23.5. The highest BCUT2D eigenvalue weighted by Crippen LogP contribution is 2.24. The Morgan fingerprint density at radius 2 is 2.33 bits per heavy atom. The molecule has 0 spiro atoms. The van der Waals surface area contributed by atoms with Crippen LogP contribution < -0.4 is 5.32 Å². The summed E-state index contributed by atoms with van der Waals surface area (Å²) >= 11 is 6.24. The van der Waals surface area contributed by atoms with Crippen molar-refractivity contribution in [2.75, 3.05) is 0 Å². The second-order valence-electron chi connectivity index (χ2n) is 4.70. The van der Waals surface area contributed by atoms with Gasteiger partial charge >= 0.3 is 5.97 Å². The maximum atomic E-state index is 10.9. The van der Waals surface area contributed by atoms with E-state index in [0.29, 0.717) is 11.4 Å². The number of aliphatic carboxylic acids is 1. The van der Waals surface area contributed by atoms with E-state index in [2.05, 4.69) is 10.4 Å². The number of halogens is 1. The van der Waals surface area contributed by atoms with Crippen LogP contribution in [0.4, 0.5) is 0 Å². The fraction of sp³-hybridized carbons (Fsp3) is 0.667. The molecule has 6 heteroatoms. The largest absolute Gasteiger partial charge is 0.480 e. The summed E-state index contributed by atoms with van der Waals surface area (Å²) in [4.78, 5) is 10.9. The fourth-order valence-corrected chi connectivity index (χ4v) is 2.68. The van der Waals surface area contributed by atoms with Crippen LogP contribution in [0, 0.1) is 6.92 Å². The Morgan fingerprint density at radius 1 is 1.61 bits per heavy atom. The zero-order chi connectivity index (χ0) is 13.3. The smallest absolute Gasteiger partial charge is 0.320 e. The first-order chi connectivity index (χ1) is 8.52. The Labute approximate surface area is 111 Å². The van der Waals surface area contributed by atoms with Gasteiger partial charge in [-0.3, -0.25) is 9.48 Å². The first-order valence-electron chi connectivity index (χ1n) is 6.23. The predicted octanol–water partition coefficient (Wildman–Crippen LogP) is 1.61. The lowest BCUT2D eigenvalue weighted by Gasteiger charge is -2.13. The molecule has 2 N–H and O–H groups in total. The molecule has 0 bridgehead atoms. The van der Waals surface area contributed by atoms with E-state index < -0.39 is 12.0 Å². The molecule has 2 heterocycles. The molecule has 1 fully saturated rings. The highest BCUT2D eigenvalue weighted by atomic mass is 35.5. The van der Waals surface area contributed by atoms with Crippen LogP contribution in [0.1, 0.15) is 31.2 Å². The van der Waals surface area contributed by atoms with E-state index in [1.54, 1.807) is 0 Å². The average molecular weight is 272 g/mol. The van der Waals surface area contributed by atoms with Gasteiger partial charge in [-0.1, -0.05) is 11.6 Å². The summed E-state index contributed by atoms with van der Waals surface area (Å²) in [6.45, 7) is 4.69. The molecule has 0 amide bonds. The minimum Gasteiger partial charge on any atom is -0.480 e. The van der Waals surface area contributed by atoms with Gasteiger partial charge < -0.3 is 10.4 Å². The number of hydrogen-bond acceptors (Lipinski definition) is 3. The summed E-state index contributed by atoms with van der Waals surface area (Å²) in [7, 11) is 0. The molecule has 2 atom stereocenters. The van der Waals surface area contributed by atoms with Crippen LogP contribution in [-0.2, 0) is 17.8 Å². The topological polar surface area (TPSA) is 67.2 Å². The molecule has 2 unspecified atom stereocenters. The highest BCUT2D eigenvalue weighted by Gasteiger charge is 2.30. The van der Waals surface area contributed by atoms with Crippen LogP contribution in [0.15, 0.2) is 0 Å². The van der Waals surface area contributed by atoms with Gasteiger partial charge in [-0.25, -0.2) is 0 Å². The van der Waals surface area contributed by atoms with E-state index in [9.17, 15) is 4.79 Å². The summed E-state index contributed by atoms with van der Waals surface area (Å²) in [5, 5.41) is 17.1. The number of rotatable bonds is 4. The van der Waals surface area contributed by atoms with Gasteiger partial charge in [0, 0.05) is 19.0 Å². The Bertz CT molecular complexity index is 458. The zero-order valence-electron chi connectivity index (χ0n) is 10.6. The molecule has 5 nitrogen and oxygen atoms in total. The van der Waals surface area contributed by atoms with Gasteiger partial charge in [-0.2, -0.15) is 5.10 Å². The van der Waals surface area contributed by atoms with Gasteiger partial charge in [0.15, 0.2) is 0 Å². The maximum Gasteiger partial charge on any atom is 0.320 e. The number of aryl methyl sites for hydroxylation is 2. The number of carboxylic acid groups (broad SMARTS) is 1. The van der Waals surface area contributed by atoms with E-state index in [1.165, 1.54) is 0 Å². The van der Waals surface area contributed by atoms with Crippen molar-refractivity contribution in [1.82, 2.24) is 15.1 Å². The van der Waals surface area contributed by atoms with Gasteiger partial charge in [-0.15, -0.1) is 0 Å². The van der Waals surface area contributed by atoms with E-state index in [0.717, 1.165) is 30.8 Å². The minimum atomic E-state index is -0.774. The van der Waals surface area contributed by atoms with Crippen molar-refractivity contribution in [2.45, 2.75) is 51.7 Å². The van der Waals surface area contributed by atoms with Crippen LogP contribution in [0.3, 0.4) is 0 Å². The number of nitrogens with one attached hydrogen (secondary N) is 1. The van der Waals surface area contributed by atoms with Crippen molar-refractivity contribution in [3.63, 3.8) is 0 Å². The Balaban J connectivity index is 2.09.